The molecule has 224 valence electrons. The number of hydrogen-bond acceptors (Lipinski definition) is 9. The van der Waals surface area contributed by atoms with E-state index in [1.54, 1.807) is 30.5 Å². The molecule has 0 bridgehead atoms. The summed E-state index contributed by atoms with van der Waals surface area (Å²) in [5.74, 6) is 2.57. The van der Waals surface area contributed by atoms with Gasteiger partial charge in [-0.05, 0) is 74.3 Å². The van der Waals surface area contributed by atoms with Crippen molar-refractivity contribution in [2.45, 2.75) is 32.5 Å². The molecule has 2 aromatic carbocycles. The van der Waals surface area contributed by atoms with Crippen LogP contribution in [-0.2, 0) is 12.7 Å². The molecule has 0 spiro atoms. The van der Waals surface area contributed by atoms with E-state index in [9.17, 15) is 18.0 Å². The number of nitrogens with zero attached hydrogens (tertiary/aromatic N) is 6. The van der Waals surface area contributed by atoms with Crippen molar-refractivity contribution in [2.75, 3.05) is 53.2 Å². The molecule has 1 amide bonds. The number of nitrogens with one attached hydrogen (secondary N) is 2. The smallest absolute Gasteiger partial charge is 0.339 e. The SMILES string of the molecule is Cc1ccc(C(=O)Nc2cc(CN3CCCC3)cc(C(F)(F)F)c2)cc1Nc1ncnc2cnc(N3CCSCC3)nc12. The van der Waals surface area contributed by atoms with E-state index in [1.807, 2.05) is 18.7 Å². The van der Waals surface area contributed by atoms with Crippen LogP contribution in [0.15, 0.2) is 48.9 Å². The summed E-state index contributed by atoms with van der Waals surface area (Å²) in [4.78, 5) is 35.5. The fraction of sp³-hybridized carbons (Fsp3) is 0.367. The van der Waals surface area contributed by atoms with Gasteiger partial charge in [-0.15, -0.1) is 0 Å². The first kappa shape index (κ1) is 29.1. The topological polar surface area (TPSA) is 99.2 Å². The van der Waals surface area contributed by atoms with Crippen molar-refractivity contribution in [2.24, 2.45) is 0 Å². The van der Waals surface area contributed by atoms with E-state index in [-0.39, 0.29) is 11.3 Å². The van der Waals surface area contributed by atoms with Gasteiger partial charge in [0.15, 0.2) is 5.82 Å². The van der Waals surface area contributed by atoms with Crippen molar-refractivity contribution >= 4 is 51.8 Å². The largest absolute Gasteiger partial charge is 0.416 e. The molecular formula is C30H31F3N8OS. The lowest BCUT2D eigenvalue weighted by molar-refractivity contribution is -0.137. The predicted octanol–water partition coefficient (Wildman–Crippen LogP) is 5.89. The monoisotopic (exact) mass is 608 g/mol. The Morgan fingerprint density at radius 2 is 1.79 bits per heavy atom. The van der Waals surface area contributed by atoms with Gasteiger partial charge >= 0.3 is 6.18 Å². The van der Waals surface area contributed by atoms with Gasteiger partial charge in [0.25, 0.3) is 5.91 Å². The molecule has 4 heterocycles. The molecule has 2 N–H and O–H groups in total. The normalized spacial score (nSPS) is 16.0. The third-order valence-corrected chi connectivity index (χ3v) is 8.54. The molecule has 2 aromatic heterocycles. The van der Waals surface area contributed by atoms with E-state index in [1.165, 1.54) is 6.33 Å². The highest BCUT2D eigenvalue weighted by Crippen LogP contribution is 2.33. The number of hydrogen-bond donors (Lipinski definition) is 2. The zero-order valence-electron chi connectivity index (χ0n) is 23.6. The minimum Gasteiger partial charge on any atom is -0.339 e. The maximum Gasteiger partial charge on any atom is 0.416 e. The zero-order valence-corrected chi connectivity index (χ0v) is 24.4. The summed E-state index contributed by atoms with van der Waals surface area (Å²) < 4.78 is 41.1. The number of anilines is 4. The molecule has 0 atom stereocenters. The predicted molar refractivity (Wildman–Crippen MR) is 163 cm³/mol. The van der Waals surface area contributed by atoms with Crippen molar-refractivity contribution in [1.82, 2.24) is 24.8 Å². The van der Waals surface area contributed by atoms with E-state index in [0.717, 1.165) is 68.2 Å². The second-order valence-electron chi connectivity index (χ2n) is 10.7. The number of carbonyl (C=O) groups excluding carboxylic acids is 1. The summed E-state index contributed by atoms with van der Waals surface area (Å²) in [6.07, 6.45) is 0.630. The number of amides is 1. The van der Waals surface area contributed by atoms with Crippen LogP contribution in [0.5, 0.6) is 0 Å². The number of carbonyl (C=O) groups is 1. The Hall–Kier alpha value is -3.97. The van der Waals surface area contributed by atoms with Gasteiger partial charge in [-0.25, -0.2) is 19.9 Å². The van der Waals surface area contributed by atoms with E-state index >= 15 is 0 Å². The molecule has 2 aliphatic heterocycles. The second-order valence-corrected chi connectivity index (χ2v) is 12.0. The Kier molecular flexibility index (Phi) is 8.35. The number of aryl methyl sites for hydroxylation is 1. The molecule has 13 heteroatoms. The standard InChI is InChI=1S/C30H31F3N8OS/c1-19-4-5-21(28(42)37-23-13-20(17-40-6-2-3-7-40)12-22(15-23)30(31,32)33)14-24(19)38-27-26-25(35-18-36-27)16-34-29(39-26)41-8-10-43-11-9-41/h4-5,12-16,18H,2-3,6-11,17H2,1H3,(H,37,42)(H,35,36,38). The number of aromatic nitrogens is 4. The molecule has 0 unspecified atom stereocenters. The first-order chi connectivity index (χ1) is 20.7. The van der Waals surface area contributed by atoms with Gasteiger partial charge in [0.1, 0.15) is 17.4 Å². The fourth-order valence-corrected chi connectivity index (χ4v) is 6.20. The molecule has 9 nitrogen and oxygen atoms in total. The molecule has 43 heavy (non-hydrogen) atoms. The second kappa shape index (κ2) is 12.3. The van der Waals surface area contributed by atoms with Crippen molar-refractivity contribution < 1.29 is 18.0 Å². The number of benzene rings is 2. The molecular weight excluding hydrogens is 577 g/mol. The highest BCUT2D eigenvalue weighted by Gasteiger charge is 2.31. The zero-order chi connectivity index (χ0) is 30.0. The minimum atomic E-state index is -4.53. The Labute approximate surface area is 251 Å². The quantitative estimate of drug-likeness (QED) is 0.266. The fourth-order valence-electron chi connectivity index (χ4n) is 5.30. The molecule has 0 aliphatic carbocycles. The van der Waals surface area contributed by atoms with Gasteiger partial charge in [0.2, 0.25) is 5.95 Å². The van der Waals surface area contributed by atoms with Gasteiger partial charge < -0.3 is 15.5 Å². The molecule has 0 saturated carbocycles. The van der Waals surface area contributed by atoms with Gasteiger partial charge in [-0.3, -0.25) is 9.69 Å². The van der Waals surface area contributed by atoms with Crippen LogP contribution < -0.4 is 15.5 Å². The summed E-state index contributed by atoms with van der Waals surface area (Å²) in [6, 6.07) is 8.82. The number of thioether (sulfide) groups is 1. The lowest BCUT2D eigenvalue weighted by atomic mass is 10.1. The highest BCUT2D eigenvalue weighted by molar-refractivity contribution is 7.99. The number of alkyl halides is 3. The van der Waals surface area contributed by atoms with Crippen LogP contribution in [0.3, 0.4) is 0 Å². The lowest BCUT2D eigenvalue weighted by Crippen LogP contribution is -2.33. The van der Waals surface area contributed by atoms with Gasteiger partial charge in [-0.1, -0.05) is 6.07 Å². The average molecular weight is 609 g/mol. The van der Waals surface area contributed by atoms with Crippen LogP contribution in [0, 0.1) is 6.92 Å². The van der Waals surface area contributed by atoms with Crippen molar-refractivity contribution in [3.8, 4) is 0 Å². The number of fused-ring (bicyclic) bond motifs is 1. The summed E-state index contributed by atoms with van der Waals surface area (Å²) in [5, 5.41) is 5.97. The number of rotatable bonds is 7. The van der Waals surface area contributed by atoms with Crippen LogP contribution in [0.2, 0.25) is 0 Å². The Balaban J connectivity index is 1.25. The van der Waals surface area contributed by atoms with Crippen molar-refractivity contribution in [3.63, 3.8) is 0 Å². The lowest BCUT2D eigenvalue weighted by Gasteiger charge is -2.26. The first-order valence-electron chi connectivity index (χ1n) is 14.2. The summed E-state index contributed by atoms with van der Waals surface area (Å²) in [5.41, 5.74) is 2.70. The summed E-state index contributed by atoms with van der Waals surface area (Å²) in [7, 11) is 0. The Morgan fingerprint density at radius 3 is 2.56 bits per heavy atom. The van der Waals surface area contributed by atoms with E-state index in [2.05, 4.69) is 35.4 Å². The minimum absolute atomic E-state index is 0.103. The van der Waals surface area contributed by atoms with E-state index in [0.29, 0.717) is 40.6 Å². The molecule has 2 fully saturated rings. The van der Waals surface area contributed by atoms with Crippen LogP contribution in [0.4, 0.5) is 36.3 Å². The third-order valence-electron chi connectivity index (χ3n) is 7.59. The number of halogens is 3. The maximum absolute atomic E-state index is 13.7. The third kappa shape index (κ3) is 6.83. The van der Waals surface area contributed by atoms with Crippen LogP contribution in [-0.4, -0.2) is 68.4 Å². The summed E-state index contributed by atoms with van der Waals surface area (Å²) >= 11 is 1.90. The van der Waals surface area contributed by atoms with Crippen LogP contribution >= 0.6 is 11.8 Å². The van der Waals surface area contributed by atoms with Gasteiger partial charge in [0, 0.05) is 48.1 Å². The molecule has 2 aliphatic rings. The van der Waals surface area contributed by atoms with Gasteiger partial charge in [-0.2, -0.15) is 24.9 Å². The van der Waals surface area contributed by atoms with Crippen molar-refractivity contribution in [3.05, 3.63) is 71.2 Å². The molecule has 0 radical (unpaired) electrons. The van der Waals surface area contributed by atoms with Crippen molar-refractivity contribution in [1.29, 1.82) is 0 Å². The maximum atomic E-state index is 13.7. The Bertz CT molecular complexity index is 1640. The average Bonchev–Trinajstić information content (AvgIpc) is 3.51. The Morgan fingerprint density at radius 1 is 1.00 bits per heavy atom. The van der Waals surface area contributed by atoms with Gasteiger partial charge in [0.05, 0.1) is 11.8 Å². The molecule has 2 saturated heterocycles. The van der Waals surface area contributed by atoms with Crippen LogP contribution in [0.25, 0.3) is 11.0 Å². The van der Waals surface area contributed by atoms with E-state index < -0.39 is 17.6 Å². The molecule has 4 aromatic rings. The molecule has 6 rings (SSSR count). The number of likely N-dealkylation sites (tertiary alicyclic amines) is 1. The van der Waals surface area contributed by atoms with E-state index in [4.69, 9.17) is 4.98 Å². The first-order valence-corrected chi connectivity index (χ1v) is 15.3. The van der Waals surface area contributed by atoms with Crippen LogP contribution in [0.1, 0.15) is 39.9 Å². The highest BCUT2D eigenvalue weighted by atomic mass is 32.2. The summed E-state index contributed by atoms with van der Waals surface area (Å²) in [6.45, 7) is 5.70.